The molecule has 1 saturated heterocycles. The lowest BCUT2D eigenvalue weighted by atomic mass is 9.46. The first-order valence-electron chi connectivity index (χ1n) is 11.7. The van der Waals surface area contributed by atoms with Crippen molar-refractivity contribution in [3.63, 3.8) is 0 Å². The van der Waals surface area contributed by atoms with Crippen LogP contribution >= 0.6 is 0 Å². The maximum Gasteiger partial charge on any atom is 0.303 e. The summed E-state index contributed by atoms with van der Waals surface area (Å²) in [4.78, 5) is 48.5. The van der Waals surface area contributed by atoms with Gasteiger partial charge in [-0.25, -0.2) is 4.39 Å². The van der Waals surface area contributed by atoms with E-state index in [0.29, 0.717) is 18.4 Å². The Kier molecular flexibility index (Phi) is 4.86. The van der Waals surface area contributed by atoms with E-state index in [2.05, 4.69) is 0 Å². The first kappa shape index (κ1) is 23.4. The number of aliphatic hydroxyl groups is 1. The van der Waals surface area contributed by atoms with Crippen molar-refractivity contribution in [3.05, 3.63) is 23.6 Å². The van der Waals surface area contributed by atoms with E-state index in [4.69, 9.17) is 14.2 Å². The summed E-state index contributed by atoms with van der Waals surface area (Å²) >= 11 is 0. The van der Waals surface area contributed by atoms with Gasteiger partial charge in [-0.2, -0.15) is 0 Å². The third-order valence-electron chi connectivity index (χ3n) is 9.36. The summed E-state index contributed by atoms with van der Waals surface area (Å²) in [6, 6.07) is 0. The standard InChI is InChI=1S/C25H29FO8/c1-12(27)32-11-18(30)24(31)19(33-13(2)28)9-16-14-5-6-15-21(26)17(29)7-8-22(15,3)25(14)20(34-25)10-23(16,24)4/h7-8,14,16,19-20,31H,5-6,9-11H2,1-4H3/t14-,16-,19+,20-,22-,23-,24+,25+/m0/s1. The molecule has 5 rings (SSSR count). The molecule has 9 heteroatoms. The minimum absolute atomic E-state index is 0.163. The summed E-state index contributed by atoms with van der Waals surface area (Å²) in [6.07, 6.45) is 2.87. The lowest BCUT2D eigenvalue weighted by Crippen LogP contribution is -2.63. The lowest BCUT2D eigenvalue weighted by molar-refractivity contribution is -0.187. The van der Waals surface area contributed by atoms with Gasteiger partial charge in [0.1, 0.15) is 11.7 Å². The van der Waals surface area contributed by atoms with E-state index in [1.165, 1.54) is 19.9 Å². The van der Waals surface area contributed by atoms with E-state index in [1.807, 2.05) is 6.92 Å². The number of ketones is 2. The Hall–Kier alpha value is -2.39. The summed E-state index contributed by atoms with van der Waals surface area (Å²) in [7, 11) is 0. The molecule has 1 heterocycles. The minimum atomic E-state index is -2.07. The molecule has 0 unspecified atom stereocenters. The number of hydrogen-bond acceptors (Lipinski definition) is 8. The molecule has 0 amide bonds. The van der Waals surface area contributed by atoms with E-state index >= 15 is 0 Å². The molecule has 184 valence electrons. The van der Waals surface area contributed by atoms with Crippen molar-refractivity contribution in [3.8, 4) is 0 Å². The summed E-state index contributed by atoms with van der Waals surface area (Å²) in [5, 5.41) is 11.9. The average molecular weight is 476 g/mol. The van der Waals surface area contributed by atoms with Crippen LogP contribution in [0.1, 0.15) is 53.4 Å². The van der Waals surface area contributed by atoms with Gasteiger partial charge in [0.15, 0.2) is 18.0 Å². The molecule has 0 radical (unpaired) electrons. The molecule has 0 bridgehead atoms. The van der Waals surface area contributed by atoms with Crippen molar-refractivity contribution in [2.75, 3.05) is 6.61 Å². The minimum Gasteiger partial charge on any atom is -0.459 e. The Labute approximate surface area is 196 Å². The summed E-state index contributed by atoms with van der Waals surface area (Å²) in [5.41, 5.74) is -4.23. The zero-order valence-corrected chi connectivity index (χ0v) is 19.7. The third kappa shape index (κ3) is 2.65. The number of fused-ring (bicyclic) bond motifs is 3. The number of epoxide rings is 1. The Bertz CT molecular complexity index is 1080. The van der Waals surface area contributed by atoms with Crippen LogP contribution in [0.25, 0.3) is 0 Å². The Morgan fingerprint density at radius 1 is 1.21 bits per heavy atom. The first-order chi connectivity index (χ1) is 15.8. The maximum absolute atomic E-state index is 14.9. The molecule has 0 aromatic rings. The Balaban J connectivity index is 1.56. The quantitative estimate of drug-likeness (QED) is 0.484. The van der Waals surface area contributed by atoms with Gasteiger partial charge >= 0.3 is 11.9 Å². The molecule has 1 aliphatic heterocycles. The van der Waals surface area contributed by atoms with E-state index in [-0.39, 0.29) is 30.8 Å². The molecule has 8 nitrogen and oxygen atoms in total. The van der Waals surface area contributed by atoms with E-state index in [9.17, 15) is 28.7 Å². The van der Waals surface area contributed by atoms with E-state index < -0.39 is 64.1 Å². The second-order valence-electron chi connectivity index (χ2n) is 10.8. The van der Waals surface area contributed by atoms with Gasteiger partial charge < -0.3 is 19.3 Å². The molecule has 8 atom stereocenters. The monoisotopic (exact) mass is 476 g/mol. The molecule has 1 spiro atoms. The van der Waals surface area contributed by atoms with E-state index in [0.717, 1.165) is 0 Å². The highest BCUT2D eigenvalue weighted by Gasteiger charge is 2.83. The third-order valence-corrected chi connectivity index (χ3v) is 9.36. The lowest BCUT2D eigenvalue weighted by Gasteiger charge is -2.55. The highest BCUT2D eigenvalue weighted by molar-refractivity contribution is 6.04. The summed E-state index contributed by atoms with van der Waals surface area (Å²) in [6.45, 7) is 5.44. The number of carbonyl (C=O) groups is 4. The number of hydrogen-bond donors (Lipinski definition) is 1. The van der Waals surface area contributed by atoms with Crippen LogP contribution in [-0.2, 0) is 33.4 Å². The Morgan fingerprint density at radius 3 is 2.56 bits per heavy atom. The number of halogens is 1. The Morgan fingerprint density at radius 2 is 1.91 bits per heavy atom. The van der Waals surface area contributed by atoms with Crippen LogP contribution in [0.15, 0.2) is 23.6 Å². The van der Waals surface area contributed by atoms with Crippen LogP contribution in [0.3, 0.4) is 0 Å². The van der Waals surface area contributed by atoms with Gasteiger partial charge in [0, 0.05) is 24.7 Å². The first-order valence-corrected chi connectivity index (χ1v) is 11.7. The SMILES string of the molecule is CC(=O)OCC(=O)[C@@]1(O)[C@H](OC(C)=O)C[C@H]2[C@@H]3CCC4=C(F)C(=O)C=C[C@]4(C)[C@@]34O[C@H]4C[C@@]21C. The topological polar surface area (TPSA) is 120 Å². The van der Waals surface area contributed by atoms with Crippen LogP contribution in [0.2, 0.25) is 0 Å². The van der Waals surface area contributed by atoms with Gasteiger partial charge in [-0.3, -0.25) is 19.2 Å². The zero-order valence-electron chi connectivity index (χ0n) is 19.7. The predicted molar refractivity (Wildman–Crippen MR) is 114 cm³/mol. The molecule has 34 heavy (non-hydrogen) atoms. The number of ether oxygens (including phenoxy) is 3. The number of esters is 2. The molecule has 5 aliphatic rings. The van der Waals surface area contributed by atoms with Gasteiger partial charge in [0.05, 0.1) is 6.10 Å². The molecule has 4 aliphatic carbocycles. The average Bonchev–Trinajstić information content (AvgIpc) is 3.43. The second-order valence-corrected chi connectivity index (χ2v) is 10.8. The van der Waals surface area contributed by atoms with Crippen LogP contribution in [0, 0.1) is 22.7 Å². The molecule has 1 N–H and O–H groups in total. The van der Waals surface area contributed by atoms with Gasteiger partial charge in [0.2, 0.25) is 11.6 Å². The summed E-state index contributed by atoms with van der Waals surface area (Å²) in [5.74, 6) is -3.81. The van der Waals surface area contributed by atoms with Crippen LogP contribution in [-0.4, -0.2) is 58.6 Å². The second kappa shape index (κ2) is 7.07. The van der Waals surface area contributed by atoms with Crippen molar-refractivity contribution < 1.29 is 42.9 Å². The smallest absolute Gasteiger partial charge is 0.303 e. The molecular weight excluding hydrogens is 447 g/mol. The van der Waals surface area contributed by atoms with Crippen molar-refractivity contribution in [2.24, 2.45) is 22.7 Å². The largest absolute Gasteiger partial charge is 0.459 e. The number of carbonyl (C=O) groups excluding carboxylic acids is 4. The number of rotatable bonds is 4. The molecule has 4 fully saturated rings. The van der Waals surface area contributed by atoms with Gasteiger partial charge in [-0.15, -0.1) is 0 Å². The molecule has 0 aromatic heterocycles. The van der Waals surface area contributed by atoms with Gasteiger partial charge in [-0.05, 0) is 56.1 Å². The predicted octanol–water partition coefficient (Wildman–Crippen LogP) is 2.13. The van der Waals surface area contributed by atoms with Gasteiger partial charge in [0.25, 0.3) is 0 Å². The van der Waals surface area contributed by atoms with E-state index in [1.54, 1.807) is 13.0 Å². The van der Waals surface area contributed by atoms with Crippen molar-refractivity contribution in [1.29, 1.82) is 0 Å². The van der Waals surface area contributed by atoms with Crippen LogP contribution < -0.4 is 0 Å². The van der Waals surface area contributed by atoms with Crippen LogP contribution in [0.4, 0.5) is 4.39 Å². The summed E-state index contributed by atoms with van der Waals surface area (Å²) < 4.78 is 31.6. The molecule has 3 saturated carbocycles. The fourth-order valence-corrected chi connectivity index (χ4v) is 7.83. The number of allylic oxidation sites excluding steroid dienone is 2. The van der Waals surface area contributed by atoms with Crippen molar-refractivity contribution in [1.82, 2.24) is 0 Å². The van der Waals surface area contributed by atoms with Gasteiger partial charge in [-0.1, -0.05) is 13.0 Å². The van der Waals surface area contributed by atoms with Crippen molar-refractivity contribution >= 4 is 23.5 Å². The van der Waals surface area contributed by atoms with Crippen molar-refractivity contribution in [2.45, 2.75) is 76.8 Å². The molecule has 0 aromatic carbocycles. The number of Topliss-reactive ketones (excluding diaryl/α,β-unsaturated/α-hetero) is 1. The highest BCUT2D eigenvalue weighted by atomic mass is 19.1. The maximum atomic E-state index is 14.9. The highest BCUT2D eigenvalue weighted by Crippen LogP contribution is 2.76. The van der Waals surface area contributed by atoms with Crippen LogP contribution in [0.5, 0.6) is 0 Å². The fraction of sp³-hybridized carbons (Fsp3) is 0.680. The molecular formula is C25H29FO8. The normalized spacial score (nSPS) is 46.1. The zero-order chi connectivity index (χ0) is 24.8. The fourth-order valence-electron chi connectivity index (χ4n) is 7.83.